The lowest BCUT2D eigenvalue weighted by atomic mass is 9.92. The molecule has 0 spiro atoms. The van der Waals surface area contributed by atoms with Gasteiger partial charge < -0.3 is 8.98 Å². The first kappa shape index (κ1) is 35.5. The summed E-state index contributed by atoms with van der Waals surface area (Å²) in [4.78, 5) is 15.5. The standard InChI is InChI=1S/C57H36N4O/c1-5-17-37(18-6-1)40-23-15-24-41(33-40)42-31-32-44(50(34-42)57-59-55(38-19-7-2-8-20-38)58-56(60-57)39-21-9-3-10-22-39)46-28-16-29-47-49-35-52-48(36-53(49)62-54(46)47)45-27-13-14-30-51(45)61(52)43-25-11-4-12-26-43/h1-36H. The van der Waals surface area contributed by atoms with Crippen molar-refractivity contribution in [3.8, 4) is 73.2 Å². The maximum atomic E-state index is 7.00. The van der Waals surface area contributed by atoms with Crippen molar-refractivity contribution in [2.24, 2.45) is 0 Å². The van der Waals surface area contributed by atoms with E-state index in [1.54, 1.807) is 0 Å². The smallest absolute Gasteiger partial charge is 0.164 e. The number of hydrogen-bond donors (Lipinski definition) is 0. The second-order valence-corrected chi connectivity index (χ2v) is 15.6. The highest BCUT2D eigenvalue weighted by Gasteiger charge is 2.22. The molecule has 0 N–H and O–H groups in total. The predicted molar refractivity (Wildman–Crippen MR) is 254 cm³/mol. The molecule has 0 saturated carbocycles. The summed E-state index contributed by atoms with van der Waals surface area (Å²) < 4.78 is 9.36. The first-order valence-electron chi connectivity index (χ1n) is 20.8. The number of para-hydroxylation sites is 3. The second kappa shape index (κ2) is 14.7. The summed E-state index contributed by atoms with van der Waals surface area (Å²) in [5.74, 6) is 1.80. The van der Waals surface area contributed by atoms with Crippen LogP contribution in [0.4, 0.5) is 0 Å². The number of rotatable bonds is 7. The summed E-state index contributed by atoms with van der Waals surface area (Å²) in [6, 6.07) is 76.2. The molecule has 0 atom stereocenters. The molecular formula is C57H36N4O. The fourth-order valence-electron chi connectivity index (χ4n) is 8.91. The van der Waals surface area contributed by atoms with Crippen LogP contribution in [-0.2, 0) is 0 Å². The van der Waals surface area contributed by atoms with E-state index < -0.39 is 0 Å². The Labute approximate surface area is 357 Å². The number of benzene rings is 9. The molecule has 0 fully saturated rings. The lowest BCUT2D eigenvalue weighted by molar-refractivity contribution is 0.670. The molecule has 3 aromatic heterocycles. The van der Waals surface area contributed by atoms with Gasteiger partial charge in [0.05, 0.1) is 11.0 Å². The minimum atomic E-state index is 0.580. The third-order valence-electron chi connectivity index (χ3n) is 11.9. The van der Waals surface area contributed by atoms with E-state index in [9.17, 15) is 0 Å². The monoisotopic (exact) mass is 792 g/mol. The molecule has 5 heteroatoms. The number of hydrogen-bond acceptors (Lipinski definition) is 4. The van der Waals surface area contributed by atoms with Gasteiger partial charge in [-0.05, 0) is 70.3 Å². The third kappa shape index (κ3) is 6.06. The second-order valence-electron chi connectivity index (χ2n) is 15.6. The average molecular weight is 793 g/mol. The maximum Gasteiger partial charge on any atom is 0.164 e. The van der Waals surface area contributed by atoms with E-state index in [2.05, 4.69) is 156 Å². The summed E-state index contributed by atoms with van der Waals surface area (Å²) in [6.07, 6.45) is 0. The summed E-state index contributed by atoms with van der Waals surface area (Å²) in [5.41, 5.74) is 14.2. The topological polar surface area (TPSA) is 56.7 Å². The van der Waals surface area contributed by atoms with Crippen LogP contribution in [0, 0.1) is 0 Å². The number of aromatic nitrogens is 4. The molecule has 12 aromatic rings. The highest BCUT2D eigenvalue weighted by molar-refractivity contribution is 6.18. The first-order chi connectivity index (χ1) is 30.7. The van der Waals surface area contributed by atoms with Crippen molar-refractivity contribution in [1.82, 2.24) is 19.5 Å². The average Bonchev–Trinajstić information content (AvgIpc) is 3.89. The summed E-state index contributed by atoms with van der Waals surface area (Å²) in [5, 5.41) is 4.43. The fraction of sp³-hybridized carbons (Fsp3) is 0. The quantitative estimate of drug-likeness (QED) is 0.161. The zero-order valence-corrected chi connectivity index (χ0v) is 33.5. The molecule has 0 bridgehead atoms. The Morgan fingerprint density at radius 3 is 1.56 bits per heavy atom. The Morgan fingerprint density at radius 1 is 0.306 bits per heavy atom. The van der Waals surface area contributed by atoms with Crippen LogP contribution in [0.2, 0.25) is 0 Å². The number of furan rings is 1. The van der Waals surface area contributed by atoms with Gasteiger partial charge >= 0.3 is 0 Å². The van der Waals surface area contributed by atoms with Crippen molar-refractivity contribution in [3.63, 3.8) is 0 Å². The van der Waals surface area contributed by atoms with E-state index in [4.69, 9.17) is 19.4 Å². The fourth-order valence-corrected chi connectivity index (χ4v) is 8.91. The van der Waals surface area contributed by atoms with Crippen LogP contribution in [-0.4, -0.2) is 19.5 Å². The Hall–Kier alpha value is -8.41. The highest BCUT2D eigenvalue weighted by Crippen LogP contribution is 2.44. The third-order valence-corrected chi connectivity index (χ3v) is 11.9. The minimum absolute atomic E-state index is 0.580. The van der Waals surface area contributed by atoms with Crippen molar-refractivity contribution in [2.75, 3.05) is 0 Å². The van der Waals surface area contributed by atoms with E-state index >= 15 is 0 Å². The maximum absolute atomic E-state index is 7.00. The van der Waals surface area contributed by atoms with Gasteiger partial charge in [0.2, 0.25) is 0 Å². The number of nitrogens with zero attached hydrogens (tertiary/aromatic N) is 4. The lowest BCUT2D eigenvalue weighted by Gasteiger charge is -2.15. The van der Waals surface area contributed by atoms with Gasteiger partial charge in [0.1, 0.15) is 11.2 Å². The Bertz CT molecular complexity index is 3560. The first-order valence-corrected chi connectivity index (χ1v) is 20.8. The van der Waals surface area contributed by atoms with Crippen molar-refractivity contribution in [3.05, 3.63) is 218 Å². The Kier molecular flexibility index (Phi) is 8.42. The van der Waals surface area contributed by atoms with Crippen molar-refractivity contribution < 1.29 is 4.42 Å². The highest BCUT2D eigenvalue weighted by atomic mass is 16.3. The summed E-state index contributed by atoms with van der Waals surface area (Å²) in [7, 11) is 0. The minimum Gasteiger partial charge on any atom is -0.455 e. The van der Waals surface area contributed by atoms with E-state index in [1.165, 1.54) is 10.9 Å². The van der Waals surface area contributed by atoms with Gasteiger partial charge in [-0.3, -0.25) is 0 Å². The molecule has 9 aromatic carbocycles. The van der Waals surface area contributed by atoms with Gasteiger partial charge in [-0.2, -0.15) is 0 Å². The van der Waals surface area contributed by atoms with Crippen LogP contribution in [0.1, 0.15) is 0 Å². The zero-order valence-electron chi connectivity index (χ0n) is 33.5. The molecule has 0 amide bonds. The molecule has 5 nitrogen and oxygen atoms in total. The van der Waals surface area contributed by atoms with Crippen LogP contribution in [0.3, 0.4) is 0 Å². The number of fused-ring (bicyclic) bond motifs is 6. The van der Waals surface area contributed by atoms with Crippen LogP contribution < -0.4 is 0 Å². The Morgan fingerprint density at radius 2 is 0.855 bits per heavy atom. The molecule has 0 radical (unpaired) electrons. The van der Waals surface area contributed by atoms with Gasteiger partial charge in [0.15, 0.2) is 17.5 Å². The Balaban J connectivity index is 1.10. The molecule has 0 aliphatic carbocycles. The molecule has 0 aliphatic rings. The van der Waals surface area contributed by atoms with Crippen molar-refractivity contribution in [2.45, 2.75) is 0 Å². The molecule has 3 heterocycles. The van der Waals surface area contributed by atoms with E-state index in [-0.39, 0.29) is 0 Å². The molecule has 0 saturated heterocycles. The van der Waals surface area contributed by atoms with Crippen molar-refractivity contribution >= 4 is 43.7 Å². The van der Waals surface area contributed by atoms with Gasteiger partial charge in [0, 0.05) is 49.5 Å². The lowest BCUT2D eigenvalue weighted by Crippen LogP contribution is -2.01. The molecule has 12 rings (SSSR count). The summed E-state index contributed by atoms with van der Waals surface area (Å²) in [6.45, 7) is 0. The van der Waals surface area contributed by atoms with Gasteiger partial charge in [-0.1, -0.05) is 176 Å². The van der Waals surface area contributed by atoms with Crippen LogP contribution in [0.25, 0.3) is 117 Å². The normalized spacial score (nSPS) is 11.5. The van der Waals surface area contributed by atoms with Gasteiger partial charge in [-0.15, -0.1) is 0 Å². The van der Waals surface area contributed by atoms with E-state index in [1.807, 2.05) is 66.7 Å². The SMILES string of the molecule is c1ccc(-c2cccc(-c3ccc(-c4cccc5c4oc4cc6c7ccccc7n(-c7ccccc7)c6cc45)c(-c4nc(-c5ccccc5)nc(-c5ccccc5)n4)c3)c2)cc1. The van der Waals surface area contributed by atoms with Gasteiger partial charge in [-0.25, -0.2) is 15.0 Å². The molecular weight excluding hydrogens is 757 g/mol. The summed E-state index contributed by atoms with van der Waals surface area (Å²) >= 11 is 0. The zero-order chi connectivity index (χ0) is 41.0. The van der Waals surface area contributed by atoms with Gasteiger partial charge in [0.25, 0.3) is 0 Å². The molecule has 0 unspecified atom stereocenters. The van der Waals surface area contributed by atoms with Crippen LogP contribution in [0.5, 0.6) is 0 Å². The van der Waals surface area contributed by atoms with E-state index in [0.29, 0.717) is 17.5 Å². The predicted octanol–water partition coefficient (Wildman–Crippen LogP) is 14.9. The van der Waals surface area contributed by atoms with E-state index in [0.717, 1.165) is 88.6 Å². The molecule has 62 heavy (non-hydrogen) atoms. The largest absolute Gasteiger partial charge is 0.455 e. The van der Waals surface area contributed by atoms with Crippen LogP contribution in [0.15, 0.2) is 223 Å². The molecule has 0 aliphatic heterocycles. The van der Waals surface area contributed by atoms with Crippen LogP contribution >= 0.6 is 0 Å². The molecule has 290 valence electrons. The van der Waals surface area contributed by atoms with Crippen molar-refractivity contribution in [1.29, 1.82) is 0 Å².